The predicted octanol–water partition coefficient (Wildman–Crippen LogP) is 2.94. The van der Waals surface area contributed by atoms with Gasteiger partial charge in [-0.25, -0.2) is 0 Å². The van der Waals surface area contributed by atoms with Gasteiger partial charge in [-0.1, -0.05) is 37.6 Å². The molecule has 0 aromatic carbocycles. The van der Waals surface area contributed by atoms with Crippen molar-refractivity contribution in [1.29, 1.82) is 0 Å². The lowest BCUT2D eigenvalue weighted by Crippen LogP contribution is -1.64. The van der Waals surface area contributed by atoms with E-state index in [0.29, 0.717) is 0 Å². The van der Waals surface area contributed by atoms with Crippen LogP contribution in [0.5, 0.6) is 0 Å². The Balaban J connectivity index is 3.04. The van der Waals surface area contributed by atoms with Crippen LogP contribution in [0.4, 0.5) is 0 Å². The molecule has 0 amide bonds. The van der Waals surface area contributed by atoms with E-state index < -0.39 is 0 Å². The van der Waals surface area contributed by atoms with Crippen molar-refractivity contribution in [2.75, 3.05) is 0 Å². The third-order valence-corrected chi connectivity index (χ3v) is 1.00. The van der Waals surface area contributed by atoms with E-state index in [-0.39, 0.29) is 0 Å². The Morgan fingerprint density at radius 1 is 1.22 bits per heavy atom. The van der Waals surface area contributed by atoms with Crippen LogP contribution in [0, 0.1) is 13.8 Å². The van der Waals surface area contributed by atoms with Gasteiger partial charge < -0.3 is 0 Å². The molecule has 0 aliphatic carbocycles. The van der Waals surface area contributed by atoms with E-state index in [0.717, 1.165) is 12.8 Å². The Bertz CT molecular complexity index is 88.2. The topological polar surface area (TPSA) is 0 Å². The summed E-state index contributed by atoms with van der Waals surface area (Å²) in [6, 6.07) is 0. The van der Waals surface area contributed by atoms with E-state index >= 15 is 0 Å². The van der Waals surface area contributed by atoms with Crippen LogP contribution >= 0.6 is 0 Å². The Labute approximate surface area is 58.3 Å². The molecule has 0 aromatic rings. The zero-order chi connectivity index (χ0) is 6.95. The minimum Gasteiger partial charge on any atom is -0.0845 e. The predicted molar refractivity (Wildman–Crippen MR) is 42.8 cm³/mol. The molecule has 0 rings (SSSR count). The van der Waals surface area contributed by atoms with Gasteiger partial charge in [0, 0.05) is 0 Å². The fraction of sp³-hybridized carbons (Fsp3) is 0.333. The Morgan fingerprint density at radius 3 is 2.56 bits per heavy atom. The van der Waals surface area contributed by atoms with Crippen LogP contribution in [0.2, 0.25) is 0 Å². The number of hydrogen-bond donors (Lipinski definition) is 0. The van der Waals surface area contributed by atoms with Gasteiger partial charge in [0.1, 0.15) is 0 Å². The van der Waals surface area contributed by atoms with Crippen LogP contribution < -0.4 is 0 Å². The number of unbranched alkanes of at least 4 members (excludes halogenated alkanes) is 2. The molecule has 0 fully saturated rings. The van der Waals surface area contributed by atoms with Crippen LogP contribution in [0.1, 0.15) is 19.3 Å². The molecule has 0 atom stereocenters. The first-order chi connectivity index (χ1) is 4.41. The molecule has 0 bridgehead atoms. The summed E-state index contributed by atoms with van der Waals surface area (Å²) in [4.78, 5) is 0. The van der Waals surface area contributed by atoms with Crippen molar-refractivity contribution in [3.63, 3.8) is 0 Å². The molecule has 0 heteroatoms. The van der Waals surface area contributed by atoms with Crippen molar-refractivity contribution in [3.8, 4) is 0 Å². The normalized spacial score (nSPS) is 11.8. The second kappa shape index (κ2) is 7.48. The lowest BCUT2D eigenvalue weighted by atomic mass is 10.2. The SMILES string of the molecule is [CH2]C=CC=CCCC[CH2]. The molecule has 9 heavy (non-hydrogen) atoms. The van der Waals surface area contributed by atoms with Gasteiger partial charge in [0.2, 0.25) is 0 Å². The zero-order valence-electron chi connectivity index (χ0n) is 5.84. The van der Waals surface area contributed by atoms with E-state index in [4.69, 9.17) is 0 Å². The average molecular weight is 122 g/mol. The lowest BCUT2D eigenvalue weighted by molar-refractivity contribution is 0.866. The van der Waals surface area contributed by atoms with E-state index in [1.165, 1.54) is 6.42 Å². The van der Waals surface area contributed by atoms with Crippen molar-refractivity contribution in [2.45, 2.75) is 19.3 Å². The van der Waals surface area contributed by atoms with Gasteiger partial charge in [-0.3, -0.25) is 0 Å². The van der Waals surface area contributed by atoms with Crippen molar-refractivity contribution in [2.24, 2.45) is 0 Å². The minimum atomic E-state index is 1.03. The number of rotatable bonds is 4. The maximum atomic E-state index is 3.74. The first-order valence-electron chi connectivity index (χ1n) is 3.32. The average Bonchev–Trinajstić information content (AvgIpc) is 1.89. The van der Waals surface area contributed by atoms with Crippen LogP contribution in [-0.2, 0) is 0 Å². The molecule has 0 saturated heterocycles. The summed E-state index contributed by atoms with van der Waals surface area (Å²) in [6.07, 6.45) is 11.2. The Morgan fingerprint density at radius 2 is 2.00 bits per heavy atom. The highest BCUT2D eigenvalue weighted by Crippen LogP contribution is 1.93. The summed E-state index contributed by atoms with van der Waals surface area (Å²) in [7, 11) is 0. The third kappa shape index (κ3) is 7.48. The maximum absolute atomic E-state index is 3.74. The van der Waals surface area contributed by atoms with Crippen molar-refractivity contribution in [1.82, 2.24) is 0 Å². The molecule has 0 saturated carbocycles. The van der Waals surface area contributed by atoms with E-state index in [1.54, 1.807) is 6.08 Å². The summed E-state index contributed by atoms with van der Waals surface area (Å²) in [5.74, 6) is 0. The summed E-state index contributed by atoms with van der Waals surface area (Å²) < 4.78 is 0. The Hall–Kier alpha value is -0.520. The Kier molecular flexibility index (Phi) is 7.05. The number of hydrogen-bond acceptors (Lipinski definition) is 0. The molecular formula is C9H14. The smallest absolute Gasteiger partial charge is 0.0313 e. The van der Waals surface area contributed by atoms with Crippen LogP contribution in [0.15, 0.2) is 24.3 Å². The second-order valence-corrected chi connectivity index (χ2v) is 1.85. The van der Waals surface area contributed by atoms with Crippen LogP contribution in [0.3, 0.4) is 0 Å². The van der Waals surface area contributed by atoms with Gasteiger partial charge in [0.05, 0.1) is 0 Å². The van der Waals surface area contributed by atoms with Gasteiger partial charge in [0.15, 0.2) is 0 Å². The highest BCUT2D eigenvalue weighted by molar-refractivity contribution is 5.03. The standard InChI is InChI=1S/C9H14/c1-3-5-7-9-8-6-4-2/h3,5,7,9H,1-2,4,6,8H2. The second-order valence-electron chi connectivity index (χ2n) is 1.85. The van der Waals surface area contributed by atoms with Gasteiger partial charge in [-0.05, 0) is 19.8 Å². The monoisotopic (exact) mass is 122 g/mol. The lowest BCUT2D eigenvalue weighted by Gasteiger charge is -1.84. The fourth-order valence-electron chi connectivity index (χ4n) is 0.516. The molecule has 50 valence electrons. The first-order valence-corrected chi connectivity index (χ1v) is 3.32. The summed E-state index contributed by atoms with van der Waals surface area (Å²) in [6.45, 7) is 7.30. The molecule has 0 spiro atoms. The molecular weight excluding hydrogens is 108 g/mol. The summed E-state index contributed by atoms with van der Waals surface area (Å²) >= 11 is 0. The largest absolute Gasteiger partial charge is 0.0845 e. The maximum Gasteiger partial charge on any atom is -0.0313 e. The van der Waals surface area contributed by atoms with Crippen LogP contribution in [-0.4, -0.2) is 0 Å². The zero-order valence-corrected chi connectivity index (χ0v) is 5.84. The van der Waals surface area contributed by atoms with Crippen molar-refractivity contribution >= 4 is 0 Å². The van der Waals surface area contributed by atoms with Gasteiger partial charge in [-0.2, -0.15) is 0 Å². The van der Waals surface area contributed by atoms with Crippen molar-refractivity contribution in [3.05, 3.63) is 38.2 Å². The van der Waals surface area contributed by atoms with E-state index in [9.17, 15) is 0 Å². The molecule has 0 N–H and O–H groups in total. The number of allylic oxidation sites excluding steroid dienone is 4. The molecule has 0 unspecified atom stereocenters. The fourth-order valence-corrected chi connectivity index (χ4v) is 0.516. The quantitative estimate of drug-likeness (QED) is 0.397. The van der Waals surface area contributed by atoms with E-state index in [1.807, 2.05) is 12.2 Å². The summed E-state index contributed by atoms with van der Waals surface area (Å²) in [5, 5.41) is 0. The third-order valence-electron chi connectivity index (χ3n) is 1.00. The van der Waals surface area contributed by atoms with Gasteiger partial charge in [-0.15, -0.1) is 0 Å². The summed E-state index contributed by atoms with van der Waals surface area (Å²) in [5.41, 5.74) is 0. The van der Waals surface area contributed by atoms with Crippen molar-refractivity contribution < 1.29 is 0 Å². The van der Waals surface area contributed by atoms with Crippen LogP contribution in [0.25, 0.3) is 0 Å². The first kappa shape index (κ1) is 8.48. The van der Waals surface area contributed by atoms with Gasteiger partial charge in [0.25, 0.3) is 0 Å². The molecule has 0 nitrogen and oxygen atoms in total. The molecule has 0 aliphatic rings. The molecule has 0 aromatic heterocycles. The molecule has 2 radical (unpaired) electrons. The highest BCUT2D eigenvalue weighted by Gasteiger charge is 1.74. The minimum absolute atomic E-state index is 1.03. The van der Waals surface area contributed by atoms with E-state index in [2.05, 4.69) is 19.9 Å². The highest BCUT2D eigenvalue weighted by atomic mass is 13.8. The molecule has 0 aliphatic heterocycles. The van der Waals surface area contributed by atoms with Gasteiger partial charge >= 0.3 is 0 Å². The molecule has 0 heterocycles.